The fourth-order valence-electron chi connectivity index (χ4n) is 0.741. The average Bonchev–Trinajstić information content (AvgIpc) is 2.48. The Morgan fingerprint density at radius 1 is 1.75 bits per heavy atom. The van der Waals surface area contributed by atoms with E-state index >= 15 is 0 Å². The molecule has 1 aromatic rings. The SMILES string of the molecule is CCc1csc(COC(C)=O)n1. The third kappa shape index (κ3) is 2.62. The molecule has 0 atom stereocenters. The Morgan fingerprint density at radius 3 is 3.00 bits per heavy atom. The molecule has 12 heavy (non-hydrogen) atoms. The van der Waals surface area contributed by atoms with Crippen LogP contribution >= 0.6 is 11.3 Å². The van der Waals surface area contributed by atoms with E-state index in [-0.39, 0.29) is 5.97 Å². The number of carbonyl (C=O) groups excluding carboxylic acids is 1. The van der Waals surface area contributed by atoms with Crippen LogP contribution in [0.4, 0.5) is 0 Å². The molecule has 0 spiro atoms. The van der Waals surface area contributed by atoms with Crippen molar-refractivity contribution in [3.8, 4) is 0 Å². The van der Waals surface area contributed by atoms with Gasteiger partial charge >= 0.3 is 5.97 Å². The topological polar surface area (TPSA) is 39.2 Å². The highest BCUT2D eigenvalue weighted by atomic mass is 32.1. The maximum Gasteiger partial charge on any atom is 0.303 e. The van der Waals surface area contributed by atoms with E-state index in [0.717, 1.165) is 17.1 Å². The number of esters is 1. The van der Waals surface area contributed by atoms with Gasteiger partial charge in [0.05, 0.1) is 5.69 Å². The molecule has 66 valence electrons. The molecule has 0 saturated carbocycles. The summed E-state index contributed by atoms with van der Waals surface area (Å²) in [7, 11) is 0. The van der Waals surface area contributed by atoms with Crippen molar-refractivity contribution in [1.82, 2.24) is 4.98 Å². The molecular weight excluding hydrogens is 174 g/mol. The number of hydrogen-bond acceptors (Lipinski definition) is 4. The normalized spacial score (nSPS) is 9.83. The first-order valence-corrected chi connectivity index (χ1v) is 4.67. The predicted octanol–water partition coefficient (Wildman–Crippen LogP) is 1.77. The molecule has 0 N–H and O–H groups in total. The third-order valence-electron chi connectivity index (χ3n) is 1.36. The van der Waals surface area contributed by atoms with Crippen LogP contribution in [0.15, 0.2) is 5.38 Å². The van der Waals surface area contributed by atoms with E-state index in [1.54, 1.807) is 0 Å². The van der Waals surface area contributed by atoms with Gasteiger partial charge < -0.3 is 4.74 Å². The van der Waals surface area contributed by atoms with Crippen molar-refractivity contribution in [3.05, 3.63) is 16.1 Å². The van der Waals surface area contributed by atoms with Crippen molar-refractivity contribution in [2.24, 2.45) is 0 Å². The van der Waals surface area contributed by atoms with E-state index in [2.05, 4.69) is 4.98 Å². The molecule has 0 saturated heterocycles. The fraction of sp³-hybridized carbons (Fsp3) is 0.500. The zero-order valence-corrected chi connectivity index (χ0v) is 7.98. The van der Waals surface area contributed by atoms with Crippen LogP contribution in [0.1, 0.15) is 24.5 Å². The largest absolute Gasteiger partial charge is 0.458 e. The maximum atomic E-state index is 10.4. The lowest BCUT2D eigenvalue weighted by atomic mass is 10.4. The number of carbonyl (C=O) groups is 1. The molecule has 0 fully saturated rings. The Kier molecular flexibility index (Phi) is 3.22. The van der Waals surface area contributed by atoms with Gasteiger partial charge in [0.2, 0.25) is 0 Å². The summed E-state index contributed by atoms with van der Waals surface area (Å²) in [6, 6.07) is 0. The number of rotatable bonds is 3. The summed E-state index contributed by atoms with van der Waals surface area (Å²) in [4.78, 5) is 14.7. The van der Waals surface area contributed by atoms with Gasteiger partial charge in [0.1, 0.15) is 11.6 Å². The zero-order chi connectivity index (χ0) is 8.97. The standard InChI is InChI=1S/C8H11NO2S/c1-3-7-5-12-8(9-7)4-11-6(2)10/h5H,3-4H2,1-2H3. The van der Waals surface area contributed by atoms with E-state index in [1.165, 1.54) is 18.3 Å². The van der Waals surface area contributed by atoms with Crippen molar-refractivity contribution in [3.63, 3.8) is 0 Å². The third-order valence-corrected chi connectivity index (χ3v) is 2.23. The van der Waals surface area contributed by atoms with E-state index < -0.39 is 0 Å². The molecule has 0 radical (unpaired) electrons. The molecule has 0 aromatic carbocycles. The van der Waals surface area contributed by atoms with Crippen molar-refractivity contribution in [2.75, 3.05) is 0 Å². The van der Waals surface area contributed by atoms with Crippen LogP contribution in [-0.4, -0.2) is 11.0 Å². The van der Waals surface area contributed by atoms with Crippen LogP contribution in [0.2, 0.25) is 0 Å². The highest BCUT2D eigenvalue weighted by molar-refractivity contribution is 7.09. The number of hydrogen-bond donors (Lipinski definition) is 0. The molecule has 4 heteroatoms. The van der Waals surface area contributed by atoms with Gasteiger partial charge in [-0.15, -0.1) is 11.3 Å². The average molecular weight is 185 g/mol. The number of nitrogens with zero attached hydrogens (tertiary/aromatic N) is 1. The summed E-state index contributed by atoms with van der Waals surface area (Å²) in [5, 5.41) is 2.85. The first kappa shape index (κ1) is 9.19. The first-order chi connectivity index (χ1) is 5.72. The van der Waals surface area contributed by atoms with Crippen molar-refractivity contribution in [1.29, 1.82) is 0 Å². The Balaban J connectivity index is 2.47. The molecule has 0 aliphatic heterocycles. The van der Waals surface area contributed by atoms with Gasteiger partial charge in [-0.1, -0.05) is 6.92 Å². The van der Waals surface area contributed by atoms with Gasteiger partial charge in [-0.3, -0.25) is 4.79 Å². The van der Waals surface area contributed by atoms with E-state index in [4.69, 9.17) is 4.74 Å². The first-order valence-electron chi connectivity index (χ1n) is 3.79. The molecule has 0 aliphatic rings. The van der Waals surface area contributed by atoms with Crippen LogP contribution in [0, 0.1) is 0 Å². The number of aryl methyl sites for hydroxylation is 1. The summed E-state index contributed by atoms with van der Waals surface area (Å²) in [6.45, 7) is 3.75. The van der Waals surface area contributed by atoms with Gasteiger partial charge in [0, 0.05) is 12.3 Å². The lowest BCUT2D eigenvalue weighted by Gasteiger charge is -1.95. The number of thiazole rings is 1. The summed E-state index contributed by atoms with van der Waals surface area (Å²) >= 11 is 1.53. The quantitative estimate of drug-likeness (QED) is 0.674. The lowest BCUT2D eigenvalue weighted by Crippen LogP contribution is -1.98. The second-order valence-corrected chi connectivity index (χ2v) is 3.31. The van der Waals surface area contributed by atoms with E-state index in [1.807, 2.05) is 12.3 Å². The van der Waals surface area contributed by atoms with Crippen molar-refractivity contribution < 1.29 is 9.53 Å². The summed E-state index contributed by atoms with van der Waals surface area (Å²) in [6.07, 6.45) is 0.927. The maximum absolute atomic E-state index is 10.4. The Morgan fingerprint density at radius 2 is 2.50 bits per heavy atom. The monoisotopic (exact) mass is 185 g/mol. The fourth-order valence-corrected chi connectivity index (χ4v) is 1.53. The molecule has 0 aliphatic carbocycles. The van der Waals surface area contributed by atoms with Gasteiger partial charge in [0.25, 0.3) is 0 Å². The van der Waals surface area contributed by atoms with Crippen LogP contribution in [0.3, 0.4) is 0 Å². The predicted molar refractivity (Wildman–Crippen MR) is 47.0 cm³/mol. The number of aromatic nitrogens is 1. The van der Waals surface area contributed by atoms with Crippen molar-refractivity contribution in [2.45, 2.75) is 26.9 Å². The van der Waals surface area contributed by atoms with Crippen LogP contribution in [-0.2, 0) is 22.6 Å². The van der Waals surface area contributed by atoms with Crippen LogP contribution < -0.4 is 0 Å². The highest BCUT2D eigenvalue weighted by Gasteiger charge is 2.01. The smallest absolute Gasteiger partial charge is 0.303 e. The minimum Gasteiger partial charge on any atom is -0.458 e. The molecular formula is C8H11NO2S. The second-order valence-electron chi connectivity index (χ2n) is 2.37. The molecule has 3 nitrogen and oxygen atoms in total. The zero-order valence-electron chi connectivity index (χ0n) is 7.16. The molecule has 1 heterocycles. The minimum atomic E-state index is -0.261. The van der Waals surface area contributed by atoms with E-state index in [0.29, 0.717) is 6.61 Å². The van der Waals surface area contributed by atoms with Gasteiger partial charge in [-0.05, 0) is 6.42 Å². The summed E-state index contributed by atoms with van der Waals surface area (Å²) in [5.74, 6) is -0.261. The van der Waals surface area contributed by atoms with E-state index in [9.17, 15) is 4.79 Å². The highest BCUT2D eigenvalue weighted by Crippen LogP contribution is 2.10. The Hall–Kier alpha value is -0.900. The molecule has 1 aromatic heterocycles. The lowest BCUT2D eigenvalue weighted by molar-refractivity contribution is -0.142. The van der Waals surface area contributed by atoms with Gasteiger partial charge in [-0.25, -0.2) is 4.98 Å². The summed E-state index contributed by atoms with van der Waals surface area (Å²) in [5.41, 5.74) is 1.06. The Bertz CT molecular complexity index is 270. The van der Waals surface area contributed by atoms with Crippen LogP contribution in [0.25, 0.3) is 0 Å². The molecule has 0 amide bonds. The molecule has 0 unspecified atom stereocenters. The van der Waals surface area contributed by atoms with Gasteiger partial charge in [-0.2, -0.15) is 0 Å². The van der Waals surface area contributed by atoms with Crippen molar-refractivity contribution >= 4 is 17.3 Å². The van der Waals surface area contributed by atoms with Gasteiger partial charge in [0.15, 0.2) is 0 Å². The summed E-state index contributed by atoms with van der Waals surface area (Å²) < 4.78 is 4.79. The second kappa shape index (κ2) is 4.21. The Labute approximate surface area is 75.4 Å². The van der Waals surface area contributed by atoms with Crippen LogP contribution in [0.5, 0.6) is 0 Å². The minimum absolute atomic E-state index is 0.261. The number of ether oxygens (including phenoxy) is 1. The molecule has 1 rings (SSSR count). The molecule has 0 bridgehead atoms.